The maximum Gasteiger partial charge on any atom is 0.191 e. The van der Waals surface area contributed by atoms with Gasteiger partial charge in [0.1, 0.15) is 0 Å². The van der Waals surface area contributed by atoms with Crippen molar-refractivity contribution in [2.75, 3.05) is 13.1 Å². The molecule has 22 heavy (non-hydrogen) atoms. The second-order valence-electron chi connectivity index (χ2n) is 5.54. The smallest absolute Gasteiger partial charge is 0.191 e. The molecule has 1 aliphatic carbocycles. The van der Waals surface area contributed by atoms with Crippen molar-refractivity contribution in [3.8, 4) is 0 Å². The zero-order valence-corrected chi connectivity index (χ0v) is 16.0. The van der Waals surface area contributed by atoms with E-state index < -0.39 is 0 Å². The SMILES string of the molecule is CCNC(=NCCC1=CCCC1)NC(C)c1ccccc1.I. The summed E-state index contributed by atoms with van der Waals surface area (Å²) in [5, 5.41) is 6.81. The second kappa shape index (κ2) is 10.6. The van der Waals surface area contributed by atoms with Gasteiger partial charge in [0.2, 0.25) is 0 Å². The Morgan fingerprint density at radius 1 is 1.27 bits per heavy atom. The van der Waals surface area contributed by atoms with E-state index in [0.717, 1.165) is 25.5 Å². The summed E-state index contributed by atoms with van der Waals surface area (Å²) < 4.78 is 0. The molecular weight excluding hydrogens is 385 g/mol. The predicted octanol–water partition coefficient (Wildman–Crippen LogP) is 4.42. The van der Waals surface area contributed by atoms with Crippen molar-refractivity contribution in [2.24, 2.45) is 4.99 Å². The summed E-state index contributed by atoms with van der Waals surface area (Å²) in [7, 11) is 0. The van der Waals surface area contributed by atoms with E-state index in [9.17, 15) is 0 Å². The zero-order valence-electron chi connectivity index (χ0n) is 13.6. The first-order valence-corrected chi connectivity index (χ1v) is 8.07. The third kappa shape index (κ3) is 6.38. The summed E-state index contributed by atoms with van der Waals surface area (Å²) >= 11 is 0. The number of benzene rings is 1. The van der Waals surface area contributed by atoms with E-state index in [1.54, 1.807) is 5.57 Å². The van der Waals surface area contributed by atoms with Crippen molar-refractivity contribution < 1.29 is 0 Å². The predicted molar refractivity (Wildman–Crippen MR) is 106 cm³/mol. The molecular formula is C18H28IN3. The third-order valence-corrected chi connectivity index (χ3v) is 3.83. The van der Waals surface area contributed by atoms with Crippen LogP contribution in [0.15, 0.2) is 47.0 Å². The maximum absolute atomic E-state index is 4.70. The largest absolute Gasteiger partial charge is 0.357 e. The van der Waals surface area contributed by atoms with E-state index >= 15 is 0 Å². The van der Waals surface area contributed by atoms with Crippen LogP contribution in [0.1, 0.15) is 51.1 Å². The highest BCUT2D eigenvalue weighted by Crippen LogP contribution is 2.20. The molecule has 0 bridgehead atoms. The number of halogens is 1. The number of nitrogens with one attached hydrogen (secondary N) is 2. The van der Waals surface area contributed by atoms with Gasteiger partial charge < -0.3 is 10.6 Å². The molecule has 0 saturated heterocycles. The van der Waals surface area contributed by atoms with Crippen LogP contribution >= 0.6 is 24.0 Å². The van der Waals surface area contributed by atoms with Crippen LogP contribution < -0.4 is 10.6 Å². The lowest BCUT2D eigenvalue weighted by Crippen LogP contribution is -2.38. The van der Waals surface area contributed by atoms with Gasteiger partial charge >= 0.3 is 0 Å². The summed E-state index contributed by atoms with van der Waals surface area (Å²) in [6.45, 7) is 6.02. The topological polar surface area (TPSA) is 36.4 Å². The summed E-state index contributed by atoms with van der Waals surface area (Å²) in [5.41, 5.74) is 2.85. The average molecular weight is 413 g/mol. The van der Waals surface area contributed by atoms with E-state index in [0.29, 0.717) is 0 Å². The molecule has 0 saturated carbocycles. The number of nitrogens with zero attached hydrogens (tertiary/aromatic N) is 1. The number of rotatable bonds is 6. The van der Waals surface area contributed by atoms with E-state index in [1.165, 1.54) is 24.8 Å². The zero-order chi connectivity index (χ0) is 14.9. The van der Waals surface area contributed by atoms with Gasteiger partial charge in [-0.05, 0) is 45.1 Å². The van der Waals surface area contributed by atoms with E-state index in [4.69, 9.17) is 4.99 Å². The fraction of sp³-hybridized carbons (Fsp3) is 0.500. The minimum Gasteiger partial charge on any atom is -0.357 e. The maximum atomic E-state index is 4.70. The molecule has 0 heterocycles. The fourth-order valence-electron chi connectivity index (χ4n) is 2.63. The Hall–Kier alpha value is -1.04. The van der Waals surface area contributed by atoms with Crippen molar-refractivity contribution >= 4 is 29.9 Å². The van der Waals surface area contributed by atoms with Crippen LogP contribution in [0.4, 0.5) is 0 Å². The molecule has 3 nitrogen and oxygen atoms in total. The lowest BCUT2D eigenvalue weighted by molar-refractivity contribution is 0.685. The van der Waals surface area contributed by atoms with Gasteiger partial charge in [0, 0.05) is 13.1 Å². The van der Waals surface area contributed by atoms with Crippen LogP contribution in [-0.4, -0.2) is 19.0 Å². The Balaban J connectivity index is 0.00000242. The van der Waals surface area contributed by atoms with Crippen LogP contribution in [-0.2, 0) is 0 Å². The summed E-state index contributed by atoms with van der Waals surface area (Å²) in [5.74, 6) is 0.910. The number of allylic oxidation sites excluding steroid dienone is 1. The first kappa shape index (κ1) is 19.0. The molecule has 1 unspecified atom stereocenters. The van der Waals surface area contributed by atoms with Gasteiger partial charge in [-0.15, -0.1) is 24.0 Å². The molecule has 1 aromatic rings. The molecule has 2 rings (SSSR count). The minimum absolute atomic E-state index is 0. The molecule has 0 spiro atoms. The van der Waals surface area contributed by atoms with Gasteiger partial charge in [-0.1, -0.05) is 42.0 Å². The molecule has 1 aliphatic rings. The normalized spacial score (nSPS) is 15.7. The molecule has 122 valence electrons. The minimum atomic E-state index is 0. The lowest BCUT2D eigenvalue weighted by atomic mass is 10.1. The highest BCUT2D eigenvalue weighted by molar-refractivity contribution is 14.0. The van der Waals surface area contributed by atoms with Crippen molar-refractivity contribution in [2.45, 2.75) is 45.6 Å². The molecule has 4 heteroatoms. The van der Waals surface area contributed by atoms with Crippen LogP contribution in [0, 0.1) is 0 Å². The number of hydrogen-bond acceptors (Lipinski definition) is 1. The number of hydrogen-bond donors (Lipinski definition) is 2. The van der Waals surface area contributed by atoms with Crippen LogP contribution in [0.5, 0.6) is 0 Å². The van der Waals surface area contributed by atoms with Crippen LogP contribution in [0.3, 0.4) is 0 Å². The fourth-order valence-corrected chi connectivity index (χ4v) is 2.63. The summed E-state index contributed by atoms with van der Waals surface area (Å²) in [4.78, 5) is 4.70. The van der Waals surface area contributed by atoms with Crippen LogP contribution in [0.2, 0.25) is 0 Å². The average Bonchev–Trinajstić information content (AvgIpc) is 3.01. The molecule has 1 aromatic carbocycles. The molecule has 0 aromatic heterocycles. The van der Waals surface area contributed by atoms with Crippen LogP contribution in [0.25, 0.3) is 0 Å². The van der Waals surface area contributed by atoms with E-state index in [1.807, 2.05) is 6.07 Å². The monoisotopic (exact) mass is 413 g/mol. The van der Waals surface area contributed by atoms with Gasteiger partial charge in [-0.3, -0.25) is 4.99 Å². The van der Waals surface area contributed by atoms with Gasteiger partial charge in [0.25, 0.3) is 0 Å². The van der Waals surface area contributed by atoms with Crippen molar-refractivity contribution in [3.63, 3.8) is 0 Å². The van der Waals surface area contributed by atoms with Crippen molar-refractivity contribution in [3.05, 3.63) is 47.5 Å². The van der Waals surface area contributed by atoms with Gasteiger partial charge in [0.05, 0.1) is 6.04 Å². The Kier molecular flexibility index (Phi) is 9.20. The quantitative estimate of drug-likeness (QED) is 0.314. The van der Waals surface area contributed by atoms with E-state index in [2.05, 4.69) is 54.8 Å². The molecule has 0 aliphatic heterocycles. The molecule has 1 atom stereocenters. The first-order valence-electron chi connectivity index (χ1n) is 8.07. The van der Waals surface area contributed by atoms with Crippen molar-refractivity contribution in [1.29, 1.82) is 0 Å². The first-order chi connectivity index (χ1) is 10.3. The molecule has 0 amide bonds. The van der Waals surface area contributed by atoms with E-state index in [-0.39, 0.29) is 30.0 Å². The van der Waals surface area contributed by atoms with Crippen molar-refractivity contribution in [1.82, 2.24) is 10.6 Å². The lowest BCUT2D eigenvalue weighted by Gasteiger charge is -2.18. The molecule has 2 N–H and O–H groups in total. The number of aliphatic imine (C=N–C) groups is 1. The Bertz CT molecular complexity index is 482. The highest BCUT2D eigenvalue weighted by Gasteiger charge is 2.07. The summed E-state index contributed by atoms with van der Waals surface area (Å²) in [6, 6.07) is 10.7. The van der Waals surface area contributed by atoms with Gasteiger partial charge in [-0.2, -0.15) is 0 Å². The second-order valence-corrected chi connectivity index (χ2v) is 5.54. The Morgan fingerprint density at radius 2 is 2.05 bits per heavy atom. The Morgan fingerprint density at radius 3 is 2.68 bits per heavy atom. The van der Waals surface area contributed by atoms with Gasteiger partial charge in [-0.25, -0.2) is 0 Å². The van der Waals surface area contributed by atoms with Gasteiger partial charge in [0.15, 0.2) is 5.96 Å². The Labute approximate surface area is 151 Å². The standard InChI is InChI=1S/C18H27N3.HI/c1-3-19-18(20-14-13-16-9-7-8-10-16)21-15(2)17-11-5-4-6-12-17;/h4-6,9,11-12,15H,3,7-8,10,13-14H2,1-2H3,(H2,19,20,21);1H. The third-order valence-electron chi connectivity index (χ3n) is 3.83. The number of guanidine groups is 1. The molecule has 0 radical (unpaired) electrons. The highest BCUT2D eigenvalue weighted by atomic mass is 127. The molecule has 0 fully saturated rings. The summed E-state index contributed by atoms with van der Waals surface area (Å²) in [6.07, 6.45) is 7.31.